The molecule has 0 heterocycles. The lowest BCUT2D eigenvalue weighted by Crippen LogP contribution is -2.47. The zero-order valence-electron chi connectivity index (χ0n) is 11.7. The maximum Gasteiger partial charge on any atom is 0.241 e. The molecule has 112 valence electrons. The topological polar surface area (TPSA) is 109 Å². The second-order valence-electron chi connectivity index (χ2n) is 4.99. The first kappa shape index (κ1) is 16.6. The fourth-order valence-electron chi connectivity index (χ4n) is 1.68. The van der Waals surface area contributed by atoms with E-state index in [0.717, 1.165) is 0 Å². The molecule has 6 nitrogen and oxygen atoms in total. The van der Waals surface area contributed by atoms with E-state index in [9.17, 15) is 18.3 Å². The van der Waals surface area contributed by atoms with Gasteiger partial charge in [0.15, 0.2) is 0 Å². The van der Waals surface area contributed by atoms with Crippen LogP contribution in [0.3, 0.4) is 0 Å². The van der Waals surface area contributed by atoms with Crippen molar-refractivity contribution in [2.24, 2.45) is 11.7 Å². The quantitative estimate of drug-likeness (QED) is 0.711. The van der Waals surface area contributed by atoms with Crippen LogP contribution in [-0.2, 0) is 14.8 Å². The van der Waals surface area contributed by atoms with Crippen LogP contribution in [0.15, 0.2) is 29.2 Å². The fraction of sp³-hybridized carbons (Fsp3) is 0.462. The molecule has 0 bridgehead atoms. The highest BCUT2D eigenvalue weighted by atomic mass is 32.2. The Hall–Kier alpha value is -1.44. The molecule has 0 saturated carbocycles. The number of benzene rings is 1. The van der Waals surface area contributed by atoms with Gasteiger partial charge in [-0.15, -0.1) is 0 Å². The number of nitrogens with two attached hydrogens (primary N) is 1. The van der Waals surface area contributed by atoms with Crippen LogP contribution in [0.2, 0.25) is 0 Å². The molecule has 0 spiro atoms. The van der Waals surface area contributed by atoms with Gasteiger partial charge in [0.2, 0.25) is 15.9 Å². The first-order valence-electron chi connectivity index (χ1n) is 6.25. The van der Waals surface area contributed by atoms with Crippen molar-refractivity contribution in [1.29, 1.82) is 0 Å². The molecule has 0 radical (unpaired) electrons. The van der Waals surface area contributed by atoms with Crippen LogP contribution in [0, 0.1) is 5.92 Å². The zero-order chi connectivity index (χ0) is 15.5. The molecular formula is C13H20N2O4S. The Bertz CT molecular complexity index is 565. The lowest BCUT2D eigenvalue weighted by Gasteiger charge is -2.19. The third-order valence-corrected chi connectivity index (χ3v) is 4.39. The average molecular weight is 300 g/mol. The minimum absolute atomic E-state index is 0.0220. The monoisotopic (exact) mass is 300 g/mol. The number of rotatable bonds is 6. The predicted octanol–water partition coefficient (Wildman–Crippen LogP) is 0.528. The van der Waals surface area contributed by atoms with Crippen molar-refractivity contribution in [2.45, 2.75) is 37.8 Å². The van der Waals surface area contributed by atoms with E-state index >= 15 is 0 Å². The van der Waals surface area contributed by atoms with E-state index in [0.29, 0.717) is 5.56 Å². The minimum Gasteiger partial charge on any atom is -0.389 e. The third kappa shape index (κ3) is 4.03. The van der Waals surface area contributed by atoms with E-state index < -0.39 is 28.1 Å². The van der Waals surface area contributed by atoms with Crippen molar-refractivity contribution in [1.82, 2.24) is 4.72 Å². The van der Waals surface area contributed by atoms with Gasteiger partial charge in [-0.1, -0.05) is 26.0 Å². The summed E-state index contributed by atoms with van der Waals surface area (Å²) >= 11 is 0. The lowest BCUT2D eigenvalue weighted by molar-refractivity contribution is -0.120. The fourth-order valence-corrected chi connectivity index (χ4v) is 3.04. The normalized spacial score (nSPS) is 15.1. The van der Waals surface area contributed by atoms with E-state index in [4.69, 9.17) is 5.73 Å². The Labute approximate surface area is 119 Å². The number of carbonyl (C=O) groups excluding carboxylic acids is 1. The van der Waals surface area contributed by atoms with Gasteiger partial charge in [-0.05, 0) is 30.5 Å². The molecular weight excluding hydrogens is 280 g/mol. The van der Waals surface area contributed by atoms with Crippen LogP contribution in [0.25, 0.3) is 0 Å². The molecule has 7 heteroatoms. The molecule has 20 heavy (non-hydrogen) atoms. The maximum absolute atomic E-state index is 12.2. The molecule has 1 aromatic carbocycles. The van der Waals surface area contributed by atoms with Crippen molar-refractivity contribution in [3.63, 3.8) is 0 Å². The highest BCUT2D eigenvalue weighted by Crippen LogP contribution is 2.16. The van der Waals surface area contributed by atoms with Crippen LogP contribution in [0.4, 0.5) is 0 Å². The number of hydrogen-bond acceptors (Lipinski definition) is 4. The number of aliphatic hydroxyl groups is 1. The molecule has 1 aromatic rings. The second-order valence-corrected chi connectivity index (χ2v) is 6.70. The highest BCUT2D eigenvalue weighted by Gasteiger charge is 2.26. The van der Waals surface area contributed by atoms with E-state index in [-0.39, 0.29) is 10.8 Å². The molecule has 0 aliphatic rings. The SMILES string of the molecule is CC(O)c1ccc(S(=O)(=O)NC(C(N)=O)C(C)C)cc1. The molecule has 0 saturated heterocycles. The summed E-state index contributed by atoms with van der Waals surface area (Å²) in [7, 11) is -3.82. The van der Waals surface area contributed by atoms with E-state index in [1.54, 1.807) is 20.8 Å². The highest BCUT2D eigenvalue weighted by molar-refractivity contribution is 7.89. The van der Waals surface area contributed by atoms with Gasteiger partial charge >= 0.3 is 0 Å². The Balaban J connectivity index is 3.01. The Morgan fingerprint density at radius 2 is 1.70 bits per heavy atom. The number of carbonyl (C=O) groups is 1. The summed E-state index contributed by atoms with van der Waals surface area (Å²) < 4.78 is 26.6. The summed E-state index contributed by atoms with van der Waals surface area (Å²) in [6.45, 7) is 4.99. The van der Waals surface area contributed by atoms with Gasteiger partial charge in [0.25, 0.3) is 0 Å². The summed E-state index contributed by atoms with van der Waals surface area (Å²) in [5.41, 5.74) is 5.80. The Morgan fingerprint density at radius 1 is 1.20 bits per heavy atom. The van der Waals surface area contributed by atoms with Crippen molar-refractivity contribution in [3.05, 3.63) is 29.8 Å². The standard InChI is InChI=1S/C13H20N2O4S/c1-8(2)12(13(14)17)15-20(18,19)11-6-4-10(5-7-11)9(3)16/h4-9,12,15-16H,1-3H3,(H2,14,17). The average Bonchev–Trinajstić information content (AvgIpc) is 2.35. The molecule has 1 amide bonds. The number of aliphatic hydroxyl groups excluding tert-OH is 1. The molecule has 1 rings (SSSR count). The summed E-state index contributed by atoms with van der Waals surface area (Å²) in [5.74, 6) is -0.969. The smallest absolute Gasteiger partial charge is 0.241 e. The summed E-state index contributed by atoms with van der Waals surface area (Å²) in [5, 5.41) is 9.38. The van der Waals surface area contributed by atoms with Crippen LogP contribution in [0.1, 0.15) is 32.4 Å². The van der Waals surface area contributed by atoms with Gasteiger partial charge in [0.05, 0.1) is 11.0 Å². The first-order chi connectivity index (χ1) is 9.15. The van der Waals surface area contributed by atoms with Gasteiger partial charge < -0.3 is 10.8 Å². The number of amides is 1. The van der Waals surface area contributed by atoms with Gasteiger partial charge in [-0.25, -0.2) is 8.42 Å². The van der Waals surface area contributed by atoms with Crippen molar-refractivity contribution >= 4 is 15.9 Å². The Kier molecular flexibility index (Phi) is 5.27. The van der Waals surface area contributed by atoms with Gasteiger partial charge in [-0.3, -0.25) is 4.79 Å². The van der Waals surface area contributed by atoms with E-state index in [2.05, 4.69) is 4.72 Å². The second kappa shape index (κ2) is 6.34. The molecule has 4 N–H and O–H groups in total. The van der Waals surface area contributed by atoms with E-state index in [1.165, 1.54) is 24.3 Å². The maximum atomic E-state index is 12.2. The van der Waals surface area contributed by atoms with Gasteiger partial charge in [0.1, 0.15) is 6.04 Å². The summed E-state index contributed by atoms with van der Waals surface area (Å²) in [4.78, 5) is 11.3. The molecule has 2 unspecified atom stereocenters. The molecule has 0 fully saturated rings. The first-order valence-corrected chi connectivity index (χ1v) is 7.73. The van der Waals surface area contributed by atoms with Crippen molar-refractivity contribution in [3.8, 4) is 0 Å². The number of sulfonamides is 1. The lowest BCUT2D eigenvalue weighted by atomic mass is 10.1. The third-order valence-electron chi connectivity index (χ3n) is 2.93. The van der Waals surface area contributed by atoms with Crippen LogP contribution in [0.5, 0.6) is 0 Å². The molecule has 0 aliphatic heterocycles. The van der Waals surface area contributed by atoms with Crippen LogP contribution < -0.4 is 10.5 Å². The Morgan fingerprint density at radius 3 is 2.05 bits per heavy atom. The molecule has 0 aliphatic carbocycles. The van der Waals surface area contributed by atoms with Crippen molar-refractivity contribution < 1.29 is 18.3 Å². The van der Waals surface area contributed by atoms with Gasteiger partial charge in [-0.2, -0.15) is 4.72 Å². The number of hydrogen-bond donors (Lipinski definition) is 3. The molecule has 0 aromatic heterocycles. The number of nitrogens with one attached hydrogen (secondary N) is 1. The number of primary amides is 1. The van der Waals surface area contributed by atoms with Crippen LogP contribution >= 0.6 is 0 Å². The molecule has 2 atom stereocenters. The van der Waals surface area contributed by atoms with Crippen LogP contribution in [-0.4, -0.2) is 25.5 Å². The van der Waals surface area contributed by atoms with E-state index in [1.807, 2.05) is 0 Å². The summed E-state index contributed by atoms with van der Waals surface area (Å²) in [6.07, 6.45) is -0.672. The zero-order valence-corrected chi connectivity index (χ0v) is 12.5. The largest absolute Gasteiger partial charge is 0.389 e. The van der Waals surface area contributed by atoms with Crippen molar-refractivity contribution in [2.75, 3.05) is 0 Å². The van der Waals surface area contributed by atoms with Gasteiger partial charge in [0, 0.05) is 0 Å². The minimum atomic E-state index is -3.82. The predicted molar refractivity (Wildman–Crippen MR) is 75.2 cm³/mol. The summed E-state index contributed by atoms with van der Waals surface area (Å²) in [6, 6.07) is 4.84.